The Bertz CT molecular complexity index is 371. The number of rotatable bonds is 8. The second-order valence-electron chi connectivity index (χ2n) is 5.88. The molecular weight excluding hydrogens is 256 g/mol. The number of benzene rings is 1. The molecule has 2 nitrogen and oxygen atoms in total. The van der Waals surface area contributed by atoms with Crippen molar-refractivity contribution < 1.29 is 0 Å². The molecule has 0 aliphatic heterocycles. The third-order valence-corrected chi connectivity index (χ3v) is 3.88. The second kappa shape index (κ2) is 7.16. The molecule has 0 saturated heterocycles. The van der Waals surface area contributed by atoms with E-state index in [1.165, 1.54) is 25.8 Å². The molecule has 106 valence electrons. The Balaban J connectivity index is 1.71. The molecule has 0 amide bonds. The average molecular weight is 281 g/mol. The van der Waals surface area contributed by atoms with Gasteiger partial charge in [0, 0.05) is 29.8 Å². The fourth-order valence-electron chi connectivity index (χ4n) is 2.25. The second-order valence-corrected chi connectivity index (χ2v) is 6.32. The Kier molecular flexibility index (Phi) is 5.53. The van der Waals surface area contributed by atoms with Crippen molar-refractivity contribution in [1.82, 2.24) is 4.90 Å². The van der Waals surface area contributed by atoms with Gasteiger partial charge in [-0.05, 0) is 56.0 Å². The van der Waals surface area contributed by atoms with E-state index in [4.69, 9.17) is 11.6 Å². The minimum Gasteiger partial charge on any atom is -0.384 e. The third-order valence-electron chi connectivity index (χ3n) is 3.63. The summed E-state index contributed by atoms with van der Waals surface area (Å²) >= 11 is 5.88. The Morgan fingerprint density at radius 3 is 2.47 bits per heavy atom. The van der Waals surface area contributed by atoms with Gasteiger partial charge in [0.1, 0.15) is 0 Å². The summed E-state index contributed by atoms with van der Waals surface area (Å²) in [6.07, 6.45) is 4.08. The van der Waals surface area contributed by atoms with Gasteiger partial charge in [-0.1, -0.05) is 25.4 Å². The summed E-state index contributed by atoms with van der Waals surface area (Å²) in [6.45, 7) is 7.99. The van der Waals surface area contributed by atoms with Crippen LogP contribution in [0, 0.1) is 5.92 Å². The van der Waals surface area contributed by atoms with Crippen molar-refractivity contribution in [1.29, 1.82) is 0 Å². The Morgan fingerprint density at radius 1 is 1.21 bits per heavy atom. The van der Waals surface area contributed by atoms with Gasteiger partial charge < -0.3 is 5.32 Å². The van der Waals surface area contributed by atoms with Crippen molar-refractivity contribution in [2.24, 2.45) is 5.92 Å². The van der Waals surface area contributed by atoms with Gasteiger partial charge in [0.25, 0.3) is 0 Å². The lowest BCUT2D eigenvalue weighted by Gasteiger charge is -2.23. The lowest BCUT2D eigenvalue weighted by molar-refractivity contribution is 0.257. The predicted octanol–water partition coefficient (Wildman–Crippen LogP) is 4.26. The fourth-order valence-corrected chi connectivity index (χ4v) is 2.38. The monoisotopic (exact) mass is 280 g/mol. The van der Waals surface area contributed by atoms with E-state index in [-0.39, 0.29) is 0 Å². The first-order valence-corrected chi connectivity index (χ1v) is 7.76. The van der Waals surface area contributed by atoms with Crippen molar-refractivity contribution in [3.8, 4) is 0 Å². The van der Waals surface area contributed by atoms with Gasteiger partial charge >= 0.3 is 0 Å². The molecule has 3 heteroatoms. The van der Waals surface area contributed by atoms with Crippen molar-refractivity contribution in [3.05, 3.63) is 29.3 Å². The maximum absolute atomic E-state index is 5.88. The van der Waals surface area contributed by atoms with Gasteiger partial charge in [-0.3, -0.25) is 4.90 Å². The zero-order valence-corrected chi connectivity index (χ0v) is 12.8. The molecule has 0 unspecified atom stereocenters. The standard InChI is InChI=1S/C16H25ClN2/c1-13(2)9-11-19(16-7-8-16)12-10-18-15-5-3-14(17)4-6-15/h3-6,13,16,18H,7-12H2,1-2H3. The van der Waals surface area contributed by atoms with Crippen molar-refractivity contribution in [2.75, 3.05) is 25.0 Å². The maximum Gasteiger partial charge on any atom is 0.0407 e. The van der Waals surface area contributed by atoms with Crippen LogP contribution in [0.4, 0.5) is 5.69 Å². The highest BCUT2D eigenvalue weighted by molar-refractivity contribution is 6.30. The van der Waals surface area contributed by atoms with Crippen LogP contribution in [0.15, 0.2) is 24.3 Å². The van der Waals surface area contributed by atoms with Gasteiger partial charge in [-0.25, -0.2) is 0 Å². The lowest BCUT2D eigenvalue weighted by atomic mass is 10.1. The zero-order chi connectivity index (χ0) is 13.7. The number of nitrogens with zero attached hydrogens (tertiary/aromatic N) is 1. The van der Waals surface area contributed by atoms with Gasteiger partial charge in [-0.15, -0.1) is 0 Å². The number of nitrogens with one attached hydrogen (secondary N) is 1. The van der Waals surface area contributed by atoms with Crippen LogP contribution in [-0.4, -0.2) is 30.6 Å². The molecule has 1 saturated carbocycles. The van der Waals surface area contributed by atoms with Gasteiger partial charge in [0.2, 0.25) is 0 Å². The number of anilines is 1. The first-order valence-electron chi connectivity index (χ1n) is 7.38. The normalized spacial score (nSPS) is 15.2. The third kappa shape index (κ3) is 5.42. The molecule has 2 rings (SSSR count). The van der Waals surface area contributed by atoms with E-state index in [2.05, 4.69) is 24.1 Å². The highest BCUT2D eigenvalue weighted by Gasteiger charge is 2.28. The van der Waals surface area contributed by atoms with Crippen LogP contribution >= 0.6 is 11.6 Å². The summed E-state index contributed by atoms with van der Waals surface area (Å²) in [7, 11) is 0. The molecule has 19 heavy (non-hydrogen) atoms. The molecular formula is C16H25ClN2. The van der Waals surface area contributed by atoms with Crippen molar-refractivity contribution in [2.45, 2.75) is 39.2 Å². The van der Waals surface area contributed by atoms with Gasteiger partial charge in [-0.2, -0.15) is 0 Å². The van der Waals surface area contributed by atoms with E-state index in [1.54, 1.807) is 0 Å². The van der Waals surface area contributed by atoms with Crippen LogP contribution in [0.3, 0.4) is 0 Å². The molecule has 1 aliphatic carbocycles. The largest absolute Gasteiger partial charge is 0.384 e. The predicted molar refractivity (Wildman–Crippen MR) is 84.0 cm³/mol. The van der Waals surface area contributed by atoms with E-state index in [9.17, 15) is 0 Å². The topological polar surface area (TPSA) is 15.3 Å². The van der Waals surface area contributed by atoms with Crippen LogP contribution in [0.5, 0.6) is 0 Å². The molecule has 0 spiro atoms. The molecule has 0 aromatic heterocycles. The van der Waals surface area contributed by atoms with Crippen LogP contribution in [0.2, 0.25) is 5.02 Å². The smallest absolute Gasteiger partial charge is 0.0407 e. The summed E-state index contributed by atoms with van der Waals surface area (Å²) in [4.78, 5) is 2.64. The van der Waals surface area contributed by atoms with E-state index >= 15 is 0 Å². The molecule has 0 radical (unpaired) electrons. The summed E-state index contributed by atoms with van der Waals surface area (Å²) in [5.41, 5.74) is 1.16. The zero-order valence-electron chi connectivity index (χ0n) is 12.0. The SMILES string of the molecule is CC(C)CCN(CCNc1ccc(Cl)cc1)C1CC1. The van der Waals surface area contributed by atoms with Crippen LogP contribution in [0.25, 0.3) is 0 Å². The summed E-state index contributed by atoms with van der Waals surface area (Å²) < 4.78 is 0. The van der Waals surface area contributed by atoms with Gasteiger partial charge in [0.15, 0.2) is 0 Å². The molecule has 1 N–H and O–H groups in total. The number of hydrogen-bond donors (Lipinski definition) is 1. The Labute approximate surface area is 122 Å². The lowest BCUT2D eigenvalue weighted by Crippen LogP contribution is -2.32. The Morgan fingerprint density at radius 2 is 1.89 bits per heavy atom. The minimum absolute atomic E-state index is 0.794. The summed E-state index contributed by atoms with van der Waals surface area (Å²) in [5, 5.41) is 4.27. The Hall–Kier alpha value is -0.730. The first kappa shape index (κ1) is 14.7. The van der Waals surface area contributed by atoms with Crippen molar-refractivity contribution in [3.63, 3.8) is 0 Å². The quantitative estimate of drug-likeness (QED) is 0.765. The highest BCUT2D eigenvalue weighted by Crippen LogP contribution is 2.27. The molecule has 1 aliphatic rings. The molecule has 1 aromatic rings. The van der Waals surface area contributed by atoms with Crippen LogP contribution in [-0.2, 0) is 0 Å². The summed E-state index contributed by atoms with van der Waals surface area (Å²) in [5.74, 6) is 0.797. The van der Waals surface area contributed by atoms with Crippen LogP contribution in [0.1, 0.15) is 33.1 Å². The average Bonchev–Trinajstić information content (AvgIpc) is 3.20. The molecule has 1 aromatic carbocycles. The van der Waals surface area contributed by atoms with Gasteiger partial charge in [0.05, 0.1) is 0 Å². The minimum atomic E-state index is 0.794. The summed E-state index contributed by atoms with van der Waals surface area (Å²) in [6, 6.07) is 8.80. The highest BCUT2D eigenvalue weighted by atomic mass is 35.5. The fraction of sp³-hybridized carbons (Fsp3) is 0.625. The molecule has 0 bridgehead atoms. The molecule has 1 fully saturated rings. The van der Waals surface area contributed by atoms with E-state index < -0.39 is 0 Å². The van der Waals surface area contributed by atoms with E-state index in [1.807, 2.05) is 24.3 Å². The molecule has 0 atom stereocenters. The van der Waals surface area contributed by atoms with E-state index in [0.29, 0.717) is 0 Å². The van der Waals surface area contributed by atoms with E-state index in [0.717, 1.165) is 35.8 Å². The van der Waals surface area contributed by atoms with Crippen molar-refractivity contribution >= 4 is 17.3 Å². The first-order chi connectivity index (χ1) is 9.15. The number of halogens is 1. The maximum atomic E-state index is 5.88. The molecule has 0 heterocycles. The number of hydrogen-bond acceptors (Lipinski definition) is 2. The van der Waals surface area contributed by atoms with Crippen LogP contribution < -0.4 is 5.32 Å².